The average molecular weight is 270 g/mol. The lowest BCUT2D eigenvalue weighted by Gasteiger charge is -2.14. The molecule has 1 amide bonds. The number of carbonyl (C=O) groups excluding carboxylic acids is 1. The number of hydrogen-bond donors (Lipinski definition) is 4. The van der Waals surface area contributed by atoms with E-state index in [1.807, 2.05) is 32.2 Å². The lowest BCUT2D eigenvalue weighted by Crippen LogP contribution is -2.35. The van der Waals surface area contributed by atoms with Crippen LogP contribution in [-0.4, -0.2) is 15.9 Å². The topological polar surface area (TPSA) is 85.1 Å². The molecule has 0 bridgehead atoms. The second-order valence-corrected chi connectivity index (χ2v) is 5.50. The van der Waals surface area contributed by atoms with E-state index in [4.69, 9.17) is 0 Å². The second-order valence-electron chi connectivity index (χ2n) is 5.50. The third-order valence-electron chi connectivity index (χ3n) is 3.82. The van der Waals surface area contributed by atoms with Crippen LogP contribution in [0.4, 0.5) is 11.6 Å². The maximum absolute atomic E-state index is 12.0. The minimum Gasteiger partial charge on any atom is -0.325 e. The van der Waals surface area contributed by atoms with Gasteiger partial charge in [0.05, 0.1) is 16.4 Å². The van der Waals surface area contributed by atoms with Gasteiger partial charge in [0, 0.05) is 18.1 Å². The molecule has 0 spiro atoms. The highest BCUT2D eigenvalue weighted by Crippen LogP contribution is 2.39. The molecule has 7 nitrogen and oxygen atoms in total. The molecule has 7 heteroatoms. The number of nitrogens with one attached hydrogen (secondary N) is 4. The van der Waals surface area contributed by atoms with Crippen molar-refractivity contribution in [2.24, 2.45) is 0 Å². The molecule has 102 valence electrons. The maximum Gasteiger partial charge on any atom is 0.234 e. The molecule has 4 rings (SSSR count). The molecule has 2 aliphatic heterocycles. The number of amides is 1. The summed E-state index contributed by atoms with van der Waals surface area (Å²) >= 11 is 0. The zero-order valence-corrected chi connectivity index (χ0v) is 11.1. The third-order valence-corrected chi connectivity index (χ3v) is 3.82. The van der Waals surface area contributed by atoms with Crippen LogP contribution in [0.3, 0.4) is 0 Å². The van der Waals surface area contributed by atoms with E-state index in [0.717, 1.165) is 22.3 Å². The number of carbonyl (C=O) groups is 1. The molecule has 0 radical (unpaired) electrons. The van der Waals surface area contributed by atoms with Gasteiger partial charge in [0.25, 0.3) is 0 Å². The van der Waals surface area contributed by atoms with E-state index in [0.29, 0.717) is 5.95 Å². The van der Waals surface area contributed by atoms with E-state index in [9.17, 15) is 4.79 Å². The number of aromatic amines is 1. The summed E-state index contributed by atoms with van der Waals surface area (Å²) < 4.78 is 0. The van der Waals surface area contributed by atoms with Gasteiger partial charge in [-0.1, -0.05) is 0 Å². The highest BCUT2D eigenvalue weighted by atomic mass is 16.2. The van der Waals surface area contributed by atoms with E-state index in [1.165, 1.54) is 0 Å². The molecule has 0 aliphatic carbocycles. The van der Waals surface area contributed by atoms with Crippen molar-refractivity contribution in [1.82, 2.24) is 20.9 Å². The van der Waals surface area contributed by atoms with Gasteiger partial charge >= 0.3 is 0 Å². The van der Waals surface area contributed by atoms with E-state index >= 15 is 0 Å². The van der Waals surface area contributed by atoms with E-state index in [-0.39, 0.29) is 5.91 Å². The molecular formula is C13H14N6O. The predicted octanol–water partition coefficient (Wildman–Crippen LogP) is 1.09. The van der Waals surface area contributed by atoms with Crippen molar-refractivity contribution in [2.75, 3.05) is 10.3 Å². The molecule has 0 saturated heterocycles. The Morgan fingerprint density at radius 2 is 2.15 bits per heavy atom. The van der Waals surface area contributed by atoms with E-state index in [2.05, 4.69) is 26.2 Å². The van der Waals surface area contributed by atoms with Crippen LogP contribution in [0.25, 0.3) is 11.0 Å². The van der Waals surface area contributed by atoms with E-state index < -0.39 is 5.41 Å². The number of H-pyrrole nitrogens is 1. The first-order chi connectivity index (χ1) is 9.55. The average Bonchev–Trinajstić information content (AvgIpc) is 3.08. The molecule has 0 fully saturated rings. The lowest BCUT2D eigenvalue weighted by atomic mass is 9.86. The fourth-order valence-corrected chi connectivity index (χ4v) is 2.56. The summed E-state index contributed by atoms with van der Waals surface area (Å²) in [4.78, 5) is 19.7. The smallest absolute Gasteiger partial charge is 0.234 e. The minimum atomic E-state index is -0.518. The standard InChI is InChI=1S/C13H14N6O/c1-13(2)7-5-9-10(6-8(7)15-11(13)20)17-12(16-9)19-4-3-14-18-19/h3-6,14,18H,1-2H3,(H,15,20)(H,16,17). The SMILES string of the molecule is CC1(C)C(=O)Nc2cc3[nH]c(N4C=CNN4)nc3cc21. The van der Waals surface area contributed by atoms with Gasteiger partial charge in [-0.2, -0.15) is 0 Å². The molecule has 0 unspecified atom stereocenters. The Labute approximate surface area is 115 Å². The molecule has 2 aliphatic rings. The maximum atomic E-state index is 12.0. The van der Waals surface area contributed by atoms with Crippen LogP contribution >= 0.6 is 0 Å². The van der Waals surface area contributed by atoms with Crippen molar-refractivity contribution < 1.29 is 4.79 Å². The first kappa shape index (κ1) is 11.3. The fraction of sp³-hybridized carbons (Fsp3) is 0.231. The Bertz CT molecular complexity index is 760. The number of nitrogens with zero attached hydrogens (tertiary/aromatic N) is 2. The van der Waals surface area contributed by atoms with Gasteiger partial charge < -0.3 is 15.7 Å². The Morgan fingerprint density at radius 3 is 2.90 bits per heavy atom. The van der Waals surface area contributed by atoms with Crippen LogP contribution in [0.15, 0.2) is 24.5 Å². The normalized spacial score (nSPS) is 19.3. The number of hydrazine groups is 2. The lowest BCUT2D eigenvalue weighted by molar-refractivity contribution is -0.119. The highest BCUT2D eigenvalue weighted by molar-refractivity contribution is 6.07. The molecule has 0 saturated carbocycles. The molecule has 2 aromatic rings. The van der Waals surface area contributed by atoms with Crippen LogP contribution < -0.4 is 21.3 Å². The van der Waals surface area contributed by atoms with Crippen molar-refractivity contribution in [2.45, 2.75) is 19.3 Å². The summed E-state index contributed by atoms with van der Waals surface area (Å²) in [6, 6.07) is 3.90. The van der Waals surface area contributed by atoms with E-state index in [1.54, 1.807) is 11.2 Å². The van der Waals surface area contributed by atoms with Crippen LogP contribution in [0.5, 0.6) is 0 Å². The summed E-state index contributed by atoms with van der Waals surface area (Å²) in [5.74, 6) is 0.711. The van der Waals surface area contributed by atoms with Gasteiger partial charge in [-0.15, -0.1) is 5.53 Å². The monoisotopic (exact) mass is 270 g/mol. The van der Waals surface area contributed by atoms with Gasteiger partial charge in [-0.05, 0) is 31.5 Å². The van der Waals surface area contributed by atoms with Crippen LogP contribution in [0, 0.1) is 0 Å². The van der Waals surface area contributed by atoms with Gasteiger partial charge in [0.2, 0.25) is 11.9 Å². The van der Waals surface area contributed by atoms with Crippen LogP contribution in [-0.2, 0) is 10.2 Å². The number of anilines is 2. The van der Waals surface area contributed by atoms with Crippen LogP contribution in [0.1, 0.15) is 19.4 Å². The zero-order valence-electron chi connectivity index (χ0n) is 11.1. The zero-order chi connectivity index (χ0) is 13.9. The summed E-state index contributed by atoms with van der Waals surface area (Å²) in [5, 5.41) is 4.66. The number of aromatic nitrogens is 2. The largest absolute Gasteiger partial charge is 0.325 e. The Hall–Kier alpha value is -2.54. The highest BCUT2D eigenvalue weighted by Gasteiger charge is 2.38. The summed E-state index contributed by atoms with van der Waals surface area (Å²) in [7, 11) is 0. The van der Waals surface area contributed by atoms with Crippen molar-refractivity contribution in [3.05, 3.63) is 30.1 Å². The number of hydrogen-bond acceptors (Lipinski definition) is 5. The van der Waals surface area contributed by atoms with Gasteiger partial charge in [0.1, 0.15) is 0 Å². The molecular weight excluding hydrogens is 256 g/mol. The van der Waals surface area contributed by atoms with Gasteiger partial charge in [-0.25, -0.2) is 9.99 Å². The number of fused-ring (bicyclic) bond motifs is 2. The molecule has 4 N–H and O–H groups in total. The summed E-state index contributed by atoms with van der Waals surface area (Å²) in [6.45, 7) is 3.84. The Kier molecular flexibility index (Phi) is 1.99. The number of imidazole rings is 1. The molecule has 3 heterocycles. The van der Waals surface area contributed by atoms with Crippen molar-refractivity contribution in [1.29, 1.82) is 0 Å². The summed E-state index contributed by atoms with van der Waals surface area (Å²) in [6.07, 6.45) is 3.60. The van der Waals surface area contributed by atoms with Crippen molar-refractivity contribution >= 4 is 28.6 Å². The predicted molar refractivity (Wildman–Crippen MR) is 75.6 cm³/mol. The van der Waals surface area contributed by atoms with Crippen molar-refractivity contribution in [3.63, 3.8) is 0 Å². The van der Waals surface area contributed by atoms with Crippen LogP contribution in [0.2, 0.25) is 0 Å². The van der Waals surface area contributed by atoms with Crippen molar-refractivity contribution in [3.8, 4) is 0 Å². The Balaban J connectivity index is 1.86. The Morgan fingerprint density at radius 1 is 1.30 bits per heavy atom. The minimum absolute atomic E-state index is 0.0220. The summed E-state index contributed by atoms with van der Waals surface area (Å²) in [5.41, 5.74) is 8.82. The number of rotatable bonds is 1. The first-order valence-electron chi connectivity index (χ1n) is 6.38. The molecule has 20 heavy (non-hydrogen) atoms. The molecule has 1 aromatic heterocycles. The fourth-order valence-electron chi connectivity index (χ4n) is 2.56. The number of benzene rings is 1. The molecule has 0 atom stereocenters. The first-order valence-corrected chi connectivity index (χ1v) is 6.38. The quantitative estimate of drug-likeness (QED) is 0.623. The second kappa shape index (κ2) is 3.51. The third kappa shape index (κ3) is 1.38. The van der Waals surface area contributed by atoms with Gasteiger partial charge in [0.15, 0.2) is 0 Å². The molecule has 1 aromatic carbocycles. The van der Waals surface area contributed by atoms with Gasteiger partial charge in [-0.3, -0.25) is 4.79 Å².